The Morgan fingerprint density at radius 2 is 2.00 bits per heavy atom. The number of imidazole rings is 1. The molecular weight excluding hydrogens is 323 g/mol. The van der Waals surface area contributed by atoms with Crippen molar-refractivity contribution in [2.75, 3.05) is 0 Å². The van der Waals surface area contributed by atoms with Crippen molar-refractivity contribution in [2.45, 2.75) is 33.5 Å². The average molecular weight is 344 g/mol. The molecule has 1 aromatic carbocycles. The molecule has 0 saturated heterocycles. The zero-order valence-electron chi connectivity index (χ0n) is 13.9. The number of rotatable bonds is 7. The van der Waals surface area contributed by atoms with E-state index in [1.165, 1.54) is 17.8 Å². The first-order valence-corrected chi connectivity index (χ1v) is 8.90. The fourth-order valence-corrected chi connectivity index (χ4v) is 3.27. The molecule has 0 atom stereocenters. The predicted octanol–water partition coefficient (Wildman–Crippen LogP) is 4.09. The molecule has 4 nitrogen and oxygen atoms in total. The van der Waals surface area contributed by atoms with E-state index in [2.05, 4.69) is 33.7 Å². The standard InChI is InChI=1S/C18H21FN4S/c1-13(2)10-23-12-21-8-16(23)7-20-9-18-22-17(11-24-18)14-3-5-15(19)6-4-14/h3-6,8,11-13,20H,7,9-10H2,1-2H3. The van der Waals surface area contributed by atoms with Gasteiger partial charge in [0.1, 0.15) is 10.8 Å². The highest BCUT2D eigenvalue weighted by Gasteiger charge is 2.07. The summed E-state index contributed by atoms with van der Waals surface area (Å²) in [5, 5.41) is 6.44. The summed E-state index contributed by atoms with van der Waals surface area (Å²) in [4.78, 5) is 8.84. The number of nitrogens with zero attached hydrogens (tertiary/aromatic N) is 3. The lowest BCUT2D eigenvalue weighted by Gasteiger charge is -2.10. The van der Waals surface area contributed by atoms with Gasteiger partial charge in [-0.05, 0) is 30.2 Å². The van der Waals surface area contributed by atoms with E-state index in [4.69, 9.17) is 0 Å². The van der Waals surface area contributed by atoms with Crippen molar-refractivity contribution in [3.63, 3.8) is 0 Å². The number of thiazole rings is 1. The zero-order valence-corrected chi connectivity index (χ0v) is 14.7. The number of halogens is 1. The molecule has 2 aromatic heterocycles. The zero-order chi connectivity index (χ0) is 16.9. The first-order chi connectivity index (χ1) is 11.6. The van der Waals surface area contributed by atoms with Crippen LogP contribution in [0.5, 0.6) is 0 Å². The van der Waals surface area contributed by atoms with Crippen LogP contribution in [-0.4, -0.2) is 14.5 Å². The second-order valence-corrected chi connectivity index (χ2v) is 7.11. The molecule has 0 spiro atoms. The van der Waals surface area contributed by atoms with Crippen LogP contribution in [0.4, 0.5) is 4.39 Å². The van der Waals surface area contributed by atoms with E-state index >= 15 is 0 Å². The van der Waals surface area contributed by atoms with Crippen LogP contribution in [0.15, 0.2) is 42.2 Å². The van der Waals surface area contributed by atoms with E-state index in [0.717, 1.165) is 29.4 Å². The molecule has 6 heteroatoms. The van der Waals surface area contributed by atoms with Gasteiger partial charge in [0.2, 0.25) is 0 Å². The van der Waals surface area contributed by atoms with Gasteiger partial charge >= 0.3 is 0 Å². The van der Waals surface area contributed by atoms with E-state index in [9.17, 15) is 4.39 Å². The number of nitrogens with one attached hydrogen (secondary N) is 1. The predicted molar refractivity (Wildman–Crippen MR) is 95.1 cm³/mol. The molecule has 0 saturated carbocycles. The maximum atomic E-state index is 13.0. The molecule has 0 aliphatic heterocycles. The molecule has 0 fully saturated rings. The van der Waals surface area contributed by atoms with E-state index < -0.39 is 0 Å². The topological polar surface area (TPSA) is 42.7 Å². The Morgan fingerprint density at radius 3 is 2.75 bits per heavy atom. The minimum Gasteiger partial charge on any atom is -0.333 e. The Labute approximate surface area is 145 Å². The third-order valence-electron chi connectivity index (χ3n) is 3.63. The number of hydrogen-bond acceptors (Lipinski definition) is 4. The number of aromatic nitrogens is 3. The van der Waals surface area contributed by atoms with Crippen LogP contribution in [0.2, 0.25) is 0 Å². The first-order valence-electron chi connectivity index (χ1n) is 8.02. The normalized spacial score (nSPS) is 11.3. The van der Waals surface area contributed by atoms with Gasteiger partial charge in [0.15, 0.2) is 0 Å². The fourth-order valence-electron chi connectivity index (χ4n) is 2.50. The Morgan fingerprint density at radius 1 is 1.21 bits per heavy atom. The molecule has 0 aliphatic rings. The molecule has 0 unspecified atom stereocenters. The summed E-state index contributed by atoms with van der Waals surface area (Å²) in [6.07, 6.45) is 3.79. The van der Waals surface area contributed by atoms with E-state index in [0.29, 0.717) is 12.5 Å². The van der Waals surface area contributed by atoms with Gasteiger partial charge in [-0.2, -0.15) is 0 Å². The summed E-state index contributed by atoms with van der Waals surface area (Å²) in [7, 11) is 0. The van der Waals surface area contributed by atoms with Crippen LogP contribution in [0, 0.1) is 11.7 Å². The minimum atomic E-state index is -0.228. The first kappa shape index (κ1) is 16.8. The van der Waals surface area contributed by atoms with Gasteiger partial charge in [-0.1, -0.05) is 13.8 Å². The lowest BCUT2D eigenvalue weighted by Crippen LogP contribution is -2.16. The van der Waals surface area contributed by atoms with Crippen molar-refractivity contribution < 1.29 is 4.39 Å². The highest BCUT2D eigenvalue weighted by Crippen LogP contribution is 2.22. The second kappa shape index (κ2) is 7.68. The van der Waals surface area contributed by atoms with Gasteiger partial charge in [0, 0.05) is 36.8 Å². The summed E-state index contributed by atoms with van der Waals surface area (Å²) >= 11 is 1.61. The Kier molecular flexibility index (Phi) is 5.37. The van der Waals surface area contributed by atoms with E-state index in [-0.39, 0.29) is 5.82 Å². The molecule has 0 amide bonds. The quantitative estimate of drug-likeness (QED) is 0.702. The smallest absolute Gasteiger partial charge is 0.123 e. The minimum absolute atomic E-state index is 0.228. The van der Waals surface area contributed by atoms with Crippen LogP contribution in [0.1, 0.15) is 24.5 Å². The molecule has 0 aliphatic carbocycles. The lowest BCUT2D eigenvalue weighted by atomic mass is 10.2. The third kappa shape index (κ3) is 4.27. The van der Waals surface area contributed by atoms with Crippen molar-refractivity contribution >= 4 is 11.3 Å². The van der Waals surface area contributed by atoms with Gasteiger partial charge in [-0.25, -0.2) is 14.4 Å². The molecule has 2 heterocycles. The van der Waals surface area contributed by atoms with Gasteiger partial charge in [0.05, 0.1) is 17.7 Å². The highest BCUT2D eigenvalue weighted by atomic mass is 32.1. The Balaban J connectivity index is 1.56. The van der Waals surface area contributed by atoms with Crippen molar-refractivity contribution in [3.8, 4) is 11.3 Å². The largest absolute Gasteiger partial charge is 0.333 e. The van der Waals surface area contributed by atoms with Gasteiger partial charge in [-0.3, -0.25) is 0 Å². The molecule has 3 rings (SSSR count). The average Bonchev–Trinajstić information content (AvgIpc) is 3.18. The Bertz CT molecular complexity index is 776. The lowest BCUT2D eigenvalue weighted by molar-refractivity contribution is 0.500. The molecule has 0 bridgehead atoms. The summed E-state index contributed by atoms with van der Waals surface area (Å²) in [5.41, 5.74) is 3.01. The third-order valence-corrected chi connectivity index (χ3v) is 4.48. The Hall–Kier alpha value is -2.05. The molecule has 0 radical (unpaired) electrons. The van der Waals surface area contributed by atoms with Gasteiger partial charge < -0.3 is 9.88 Å². The van der Waals surface area contributed by atoms with Gasteiger partial charge in [0.25, 0.3) is 0 Å². The highest BCUT2D eigenvalue weighted by molar-refractivity contribution is 7.09. The maximum Gasteiger partial charge on any atom is 0.123 e. The fraction of sp³-hybridized carbons (Fsp3) is 0.333. The van der Waals surface area contributed by atoms with Gasteiger partial charge in [-0.15, -0.1) is 11.3 Å². The van der Waals surface area contributed by atoms with Crippen molar-refractivity contribution in [1.82, 2.24) is 19.9 Å². The molecule has 3 aromatic rings. The molecule has 126 valence electrons. The number of benzene rings is 1. The summed E-state index contributed by atoms with van der Waals surface area (Å²) in [5.74, 6) is 0.365. The summed E-state index contributed by atoms with van der Waals surface area (Å²) in [6.45, 7) is 6.84. The van der Waals surface area contributed by atoms with Crippen LogP contribution >= 0.6 is 11.3 Å². The van der Waals surface area contributed by atoms with Crippen LogP contribution in [0.3, 0.4) is 0 Å². The molecule has 1 N–H and O–H groups in total. The monoisotopic (exact) mass is 344 g/mol. The number of hydrogen-bond donors (Lipinski definition) is 1. The van der Waals surface area contributed by atoms with E-state index in [1.807, 2.05) is 17.9 Å². The van der Waals surface area contributed by atoms with E-state index in [1.54, 1.807) is 23.5 Å². The van der Waals surface area contributed by atoms with Crippen molar-refractivity contribution in [1.29, 1.82) is 0 Å². The molecular formula is C18H21FN4S. The van der Waals surface area contributed by atoms with Crippen LogP contribution in [-0.2, 0) is 19.6 Å². The van der Waals surface area contributed by atoms with Crippen LogP contribution < -0.4 is 5.32 Å². The second-order valence-electron chi connectivity index (χ2n) is 6.17. The van der Waals surface area contributed by atoms with Crippen molar-refractivity contribution in [3.05, 3.63) is 58.7 Å². The van der Waals surface area contributed by atoms with Crippen LogP contribution in [0.25, 0.3) is 11.3 Å². The SMILES string of the molecule is CC(C)Cn1cncc1CNCc1nc(-c2ccc(F)cc2)cs1. The molecule has 24 heavy (non-hydrogen) atoms. The van der Waals surface area contributed by atoms with Crippen molar-refractivity contribution in [2.24, 2.45) is 5.92 Å². The summed E-state index contributed by atoms with van der Waals surface area (Å²) < 4.78 is 15.2. The summed E-state index contributed by atoms with van der Waals surface area (Å²) in [6, 6.07) is 6.43. The maximum absolute atomic E-state index is 13.0.